The first-order valence-corrected chi connectivity index (χ1v) is 9.75. The number of nitrogens with zero attached hydrogens (tertiary/aromatic N) is 2. The fraction of sp³-hybridized carbons (Fsp3) is 0.474. The maximum atomic E-state index is 5.94. The topological polar surface area (TPSA) is 37.3 Å². The van der Waals surface area contributed by atoms with Gasteiger partial charge in [-0.15, -0.1) is 11.3 Å². The monoisotopic (exact) mass is 359 g/mol. The van der Waals surface area contributed by atoms with Crippen LogP contribution in [0.2, 0.25) is 5.02 Å². The van der Waals surface area contributed by atoms with Crippen LogP contribution < -0.4 is 5.43 Å². The van der Waals surface area contributed by atoms with Crippen molar-refractivity contribution in [3.05, 3.63) is 34.7 Å². The van der Waals surface area contributed by atoms with Crippen molar-refractivity contribution < 1.29 is 0 Å². The van der Waals surface area contributed by atoms with Gasteiger partial charge in [0.1, 0.15) is 0 Å². The number of hydrazone groups is 1. The largest absolute Gasteiger partial charge is 0.253 e. The average molecular weight is 360 g/mol. The smallest absolute Gasteiger partial charge is 0.203 e. The maximum Gasteiger partial charge on any atom is 0.203 e. The van der Waals surface area contributed by atoms with E-state index in [2.05, 4.69) is 36.6 Å². The minimum absolute atomic E-state index is 0.362. The summed E-state index contributed by atoms with van der Waals surface area (Å²) in [5.74, 6) is 2.20. The first-order valence-electron chi connectivity index (χ1n) is 8.49. The van der Waals surface area contributed by atoms with E-state index in [4.69, 9.17) is 16.7 Å². The van der Waals surface area contributed by atoms with Gasteiger partial charge in [0.15, 0.2) is 0 Å². The van der Waals surface area contributed by atoms with Gasteiger partial charge in [0.25, 0.3) is 0 Å². The number of hydrogen-bond acceptors (Lipinski definition) is 4. The Morgan fingerprint density at radius 3 is 2.71 bits per heavy atom. The Balaban J connectivity index is 1.49. The van der Waals surface area contributed by atoms with E-state index >= 15 is 0 Å². The van der Waals surface area contributed by atoms with Crippen LogP contribution in [0.25, 0.3) is 11.3 Å². The van der Waals surface area contributed by atoms with Crippen LogP contribution in [0.1, 0.15) is 33.6 Å². The van der Waals surface area contributed by atoms with Gasteiger partial charge in [-0.05, 0) is 42.2 Å². The molecule has 3 atom stereocenters. The van der Waals surface area contributed by atoms with E-state index in [0.29, 0.717) is 11.3 Å². The molecule has 1 aromatic heterocycles. The number of thiazole rings is 1. The Labute approximate surface area is 152 Å². The predicted molar refractivity (Wildman–Crippen MR) is 103 cm³/mol. The second-order valence-electron chi connectivity index (χ2n) is 7.62. The number of halogens is 1. The summed E-state index contributed by atoms with van der Waals surface area (Å²) in [6.45, 7) is 7.17. The molecule has 1 heterocycles. The first-order chi connectivity index (χ1) is 11.4. The fourth-order valence-electron chi connectivity index (χ4n) is 4.29. The molecule has 2 fully saturated rings. The Morgan fingerprint density at radius 2 is 2.04 bits per heavy atom. The van der Waals surface area contributed by atoms with Crippen molar-refractivity contribution in [3.63, 3.8) is 0 Å². The van der Waals surface area contributed by atoms with Gasteiger partial charge in [0.05, 0.1) is 5.69 Å². The number of hydrogen-bond donors (Lipinski definition) is 1. The van der Waals surface area contributed by atoms with E-state index in [0.717, 1.165) is 39.7 Å². The third kappa shape index (κ3) is 2.66. The molecule has 5 heteroatoms. The van der Waals surface area contributed by atoms with Crippen LogP contribution in [-0.4, -0.2) is 10.7 Å². The van der Waals surface area contributed by atoms with E-state index < -0.39 is 0 Å². The zero-order valence-electron chi connectivity index (χ0n) is 14.2. The molecule has 0 saturated heterocycles. The zero-order valence-corrected chi connectivity index (χ0v) is 15.8. The van der Waals surface area contributed by atoms with Gasteiger partial charge in [-0.2, -0.15) is 5.10 Å². The Kier molecular flexibility index (Phi) is 3.92. The fourth-order valence-corrected chi connectivity index (χ4v) is 5.08. The maximum absolute atomic E-state index is 5.94. The summed E-state index contributed by atoms with van der Waals surface area (Å²) in [6, 6.07) is 7.77. The normalized spacial score (nSPS) is 29.3. The number of aromatic nitrogens is 1. The molecule has 24 heavy (non-hydrogen) atoms. The lowest BCUT2D eigenvalue weighted by Gasteiger charge is -2.36. The molecular weight excluding hydrogens is 338 g/mol. The first kappa shape index (κ1) is 16.1. The van der Waals surface area contributed by atoms with Gasteiger partial charge < -0.3 is 0 Å². The van der Waals surface area contributed by atoms with Gasteiger partial charge in [0.2, 0.25) is 5.13 Å². The van der Waals surface area contributed by atoms with Gasteiger partial charge in [-0.3, -0.25) is 5.43 Å². The van der Waals surface area contributed by atoms with Crippen LogP contribution in [0.15, 0.2) is 34.7 Å². The van der Waals surface area contributed by atoms with Crippen molar-refractivity contribution in [3.8, 4) is 11.3 Å². The molecule has 2 aliphatic carbocycles. The summed E-state index contributed by atoms with van der Waals surface area (Å²) >= 11 is 7.53. The molecule has 126 valence electrons. The SMILES string of the molecule is CC1C2CC(=NNc3nc(-c4ccc(Cl)cc4)cs3)C(C2)C1(C)C. The van der Waals surface area contributed by atoms with Gasteiger partial charge >= 0.3 is 0 Å². The molecule has 2 saturated carbocycles. The highest BCUT2D eigenvalue weighted by molar-refractivity contribution is 7.14. The Morgan fingerprint density at radius 1 is 1.29 bits per heavy atom. The predicted octanol–water partition coefficient (Wildman–Crippen LogP) is 5.93. The molecule has 3 nitrogen and oxygen atoms in total. The van der Waals surface area contributed by atoms with E-state index in [-0.39, 0.29) is 0 Å². The summed E-state index contributed by atoms with van der Waals surface area (Å²) in [7, 11) is 0. The Bertz CT molecular complexity index is 778. The number of rotatable bonds is 3. The minimum atomic E-state index is 0.362. The minimum Gasteiger partial charge on any atom is -0.253 e. The number of benzene rings is 1. The summed E-state index contributed by atoms with van der Waals surface area (Å²) in [4.78, 5) is 4.64. The highest BCUT2D eigenvalue weighted by atomic mass is 35.5. The van der Waals surface area contributed by atoms with Crippen molar-refractivity contribution >= 4 is 33.8 Å². The summed E-state index contributed by atoms with van der Waals surface area (Å²) in [5.41, 5.74) is 6.92. The molecular formula is C19H22ClN3S. The quantitative estimate of drug-likeness (QED) is 0.689. The lowest BCUT2D eigenvalue weighted by molar-refractivity contribution is 0.199. The third-order valence-electron chi connectivity index (χ3n) is 6.13. The molecule has 3 unspecified atom stereocenters. The van der Waals surface area contributed by atoms with Crippen LogP contribution in [0, 0.1) is 23.2 Å². The zero-order chi connectivity index (χ0) is 16.9. The molecule has 2 bridgehead atoms. The number of fused-ring (bicyclic) bond motifs is 2. The van der Waals surface area contributed by atoms with Crippen molar-refractivity contribution in [2.75, 3.05) is 5.43 Å². The second kappa shape index (κ2) is 5.85. The van der Waals surface area contributed by atoms with Gasteiger partial charge in [0, 0.05) is 27.6 Å². The van der Waals surface area contributed by atoms with Crippen molar-refractivity contribution in [1.82, 2.24) is 4.98 Å². The molecule has 4 rings (SSSR count). The molecule has 0 amide bonds. The molecule has 0 aliphatic heterocycles. The van der Waals surface area contributed by atoms with Crippen molar-refractivity contribution in [2.45, 2.75) is 33.6 Å². The van der Waals surface area contributed by atoms with E-state index in [1.165, 1.54) is 12.1 Å². The lowest BCUT2D eigenvalue weighted by atomic mass is 9.69. The lowest BCUT2D eigenvalue weighted by Crippen LogP contribution is -2.34. The molecule has 2 aliphatic rings. The van der Waals surface area contributed by atoms with Gasteiger partial charge in [-0.1, -0.05) is 44.5 Å². The van der Waals surface area contributed by atoms with E-state index in [1.54, 1.807) is 11.3 Å². The summed E-state index contributed by atoms with van der Waals surface area (Å²) in [5, 5.41) is 8.37. The molecule has 1 aromatic carbocycles. The second-order valence-corrected chi connectivity index (χ2v) is 8.92. The van der Waals surface area contributed by atoms with Crippen molar-refractivity contribution in [1.29, 1.82) is 0 Å². The van der Waals surface area contributed by atoms with Crippen LogP contribution in [0.4, 0.5) is 5.13 Å². The highest BCUT2D eigenvalue weighted by Gasteiger charge is 2.53. The number of nitrogens with one attached hydrogen (secondary N) is 1. The van der Waals surface area contributed by atoms with Crippen LogP contribution in [-0.2, 0) is 0 Å². The Hall–Kier alpha value is -1.39. The molecule has 0 radical (unpaired) electrons. The van der Waals surface area contributed by atoms with E-state index in [1.807, 2.05) is 24.3 Å². The summed E-state index contributed by atoms with van der Waals surface area (Å²) in [6.07, 6.45) is 2.43. The molecule has 0 spiro atoms. The van der Waals surface area contributed by atoms with Gasteiger partial charge in [-0.25, -0.2) is 4.98 Å². The van der Waals surface area contributed by atoms with Crippen LogP contribution in [0.3, 0.4) is 0 Å². The molecule has 1 N–H and O–H groups in total. The third-order valence-corrected chi connectivity index (χ3v) is 7.13. The molecule has 2 aromatic rings. The number of anilines is 1. The van der Waals surface area contributed by atoms with E-state index in [9.17, 15) is 0 Å². The van der Waals surface area contributed by atoms with Crippen LogP contribution >= 0.6 is 22.9 Å². The standard InChI is InChI=1S/C19H22ClN3S/c1-11-13-8-15(19(11,2)3)16(9-13)22-23-18-21-17(10-24-18)12-4-6-14(20)7-5-12/h4-7,10-11,13,15H,8-9H2,1-3H3,(H,21,23). The highest BCUT2D eigenvalue weighted by Crippen LogP contribution is 2.57. The van der Waals surface area contributed by atoms with Crippen molar-refractivity contribution in [2.24, 2.45) is 28.3 Å². The summed E-state index contributed by atoms with van der Waals surface area (Å²) < 4.78 is 0. The van der Waals surface area contributed by atoms with Crippen LogP contribution in [0.5, 0.6) is 0 Å². The average Bonchev–Trinajstić information content (AvgIpc) is 3.24.